The van der Waals surface area contributed by atoms with Crippen LogP contribution in [0.15, 0.2) is 48.5 Å². The minimum atomic E-state index is -0.225. The van der Waals surface area contributed by atoms with Gasteiger partial charge in [-0.2, -0.15) is 0 Å². The number of ether oxygens (including phenoxy) is 2. The van der Waals surface area contributed by atoms with Gasteiger partial charge in [0.2, 0.25) is 5.91 Å². The number of rotatable bonds is 7. The Bertz CT molecular complexity index is 711. The summed E-state index contributed by atoms with van der Waals surface area (Å²) in [5, 5.41) is 3.47. The van der Waals surface area contributed by atoms with E-state index in [4.69, 9.17) is 21.1 Å². The second kappa shape index (κ2) is 8.99. The average molecular weight is 346 g/mol. The van der Waals surface area contributed by atoms with E-state index in [1.54, 1.807) is 36.4 Å². The number of amides is 1. The number of hydrogen-bond donors (Lipinski definition) is 1. The second-order valence-electron chi connectivity index (χ2n) is 4.90. The number of halogens is 1. The predicted molar refractivity (Wildman–Crippen MR) is 97.9 cm³/mol. The van der Waals surface area contributed by atoms with E-state index < -0.39 is 0 Å². The summed E-state index contributed by atoms with van der Waals surface area (Å²) in [5.74, 6) is 1.05. The molecule has 0 aromatic heterocycles. The molecule has 0 spiro atoms. The van der Waals surface area contributed by atoms with Gasteiger partial charge < -0.3 is 14.8 Å². The fraction of sp³-hybridized carbons (Fsp3) is 0.211. The van der Waals surface area contributed by atoms with E-state index >= 15 is 0 Å². The Hall–Kier alpha value is -2.46. The zero-order valence-electron chi connectivity index (χ0n) is 13.7. The Kier molecular flexibility index (Phi) is 6.70. The first kappa shape index (κ1) is 17.9. The van der Waals surface area contributed by atoms with Gasteiger partial charge in [-0.1, -0.05) is 23.7 Å². The van der Waals surface area contributed by atoms with Gasteiger partial charge in [-0.15, -0.1) is 0 Å². The predicted octanol–water partition coefficient (Wildman–Crippen LogP) is 4.79. The maximum atomic E-state index is 12.0. The standard InChI is InChI=1S/C19H20ClNO3/c1-3-23-17-11-10-16(13-18(17)24-4-2)21-19(22)12-7-14-5-8-15(20)9-6-14/h5-13H,3-4H2,1-2H3,(H,21,22)/b12-7+. The van der Waals surface area contributed by atoms with Crippen LogP contribution in [0.3, 0.4) is 0 Å². The Morgan fingerprint density at radius 2 is 1.71 bits per heavy atom. The van der Waals surface area contributed by atoms with Gasteiger partial charge in [0.25, 0.3) is 0 Å². The molecule has 0 atom stereocenters. The smallest absolute Gasteiger partial charge is 0.248 e. The number of carbonyl (C=O) groups is 1. The first-order valence-electron chi connectivity index (χ1n) is 7.76. The molecule has 2 aromatic carbocycles. The summed E-state index contributed by atoms with van der Waals surface area (Å²) in [6.45, 7) is 4.88. The average Bonchev–Trinajstić information content (AvgIpc) is 2.57. The third-order valence-corrected chi connectivity index (χ3v) is 3.36. The van der Waals surface area contributed by atoms with Gasteiger partial charge in [0.15, 0.2) is 11.5 Å². The van der Waals surface area contributed by atoms with Crippen molar-refractivity contribution in [3.63, 3.8) is 0 Å². The molecule has 2 aromatic rings. The monoisotopic (exact) mass is 345 g/mol. The zero-order chi connectivity index (χ0) is 17.4. The quantitative estimate of drug-likeness (QED) is 0.734. The van der Waals surface area contributed by atoms with Crippen LogP contribution in [0.2, 0.25) is 5.02 Å². The van der Waals surface area contributed by atoms with Crippen LogP contribution in [0, 0.1) is 0 Å². The van der Waals surface area contributed by atoms with Crippen molar-refractivity contribution in [2.75, 3.05) is 18.5 Å². The molecule has 2 rings (SSSR count). The molecule has 0 heterocycles. The van der Waals surface area contributed by atoms with Crippen molar-refractivity contribution in [3.8, 4) is 11.5 Å². The van der Waals surface area contributed by atoms with Gasteiger partial charge in [-0.3, -0.25) is 4.79 Å². The van der Waals surface area contributed by atoms with E-state index in [0.29, 0.717) is 35.4 Å². The number of hydrogen-bond acceptors (Lipinski definition) is 3. The van der Waals surface area contributed by atoms with E-state index in [1.165, 1.54) is 6.08 Å². The molecular weight excluding hydrogens is 326 g/mol. The number of carbonyl (C=O) groups excluding carboxylic acids is 1. The van der Waals surface area contributed by atoms with Crippen molar-refractivity contribution >= 4 is 29.3 Å². The fourth-order valence-corrected chi connectivity index (χ4v) is 2.18. The zero-order valence-corrected chi connectivity index (χ0v) is 14.5. The molecule has 0 aliphatic rings. The lowest BCUT2D eigenvalue weighted by atomic mass is 10.2. The third-order valence-electron chi connectivity index (χ3n) is 3.11. The Labute approximate surface area is 147 Å². The van der Waals surface area contributed by atoms with Crippen LogP contribution in [0.25, 0.3) is 6.08 Å². The molecule has 0 saturated heterocycles. The number of anilines is 1. The van der Waals surface area contributed by atoms with E-state index in [9.17, 15) is 4.79 Å². The topological polar surface area (TPSA) is 47.6 Å². The number of nitrogens with one attached hydrogen (secondary N) is 1. The molecule has 0 aliphatic heterocycles. The summed E-state index contributed by atoms with van der Waals surface area (Å²) < 4.78 is 11.0. The number of benzene rings is 2. The van der Waals surface area contributed by atoms with Crippen molar-refractivity contribution in [2.24, 2.45) is 0 Å². The van der Waals surface area contributed by atoms with Crippen molar-refractivity contribution in [1.29, 1.82) is 0 Å². The molecule has 1 amide bonds. The molecular formula is C19H20ClNO3. The van der Waals surface area contributed by atoms with E-state index in [0.717, 1.165) is 5.56 Å². The van der Waals surface area contributed by atoms with Crippen LogP contribution in [-0.2, 0) is 4.79 Å². The summed E-state index contributed by atoms with van der Waals surface area (Å²) in [6.07, 6.45) is 3.20. The molecule has 1 N–H and O–H groups in total. The van der Waals surface area contributed by atoms with Crippen molar-refractivity contribution < 1.29 is 14.3 Å². The second-order valence-corrected chi connectivity index (χ2v) is 5.34. The highest BCUT2D eigenvalue weighted by Crippen LogP contribution is 2.30. The lowest BCUT2D eigenvalue weighted by Gasteiger charge is -2.12. The highest BCUT2D eigenvalue weighted by atomic mass is 35.5. The molecule has 0 radical (unpaired) electrons. The van der Waals surface area contributed by atoms with Crippen molar-refractivity contribution in [3.05, 3.63) is 59.1 Å². The molecule has 0 aliphatic carbocycles. The molecule has 24 heavy (non-hydrogen) atoms. The minimum absolute atomic E-state index is 0.225. The van der Waals surface area contributed by atoms with Gasteiger partial charge in [0.05, 0.1) is 13.2 Å². The Balaban J connectivity index is 2.05. The van der Waals surface area contributed by atoms with Crippen molar-refractivity contribution in [2.45, 2.75) is 13.8 Å². The summed E-state index contributed by atoms with van der Waals surface area (Å²) in [7, 11) is 0. The van der Waals surface area contributed by atoms with Gasteiger partial charge in [0, 0.05) is 22.9 Å². The SMILES string of the molecule is CCOc1ccc(NC(=O)/C=C/c2ccc(Cl)cc2)cc1OCC. The molecule has 5 heteroatoms. The van der Waals surface area contributed by atoms with Crippen LogP contribution >= 0.6 is 11.6 Å². The van der Waals surface area contributed by atoms with Crippen LogP contribution < -0.4 is 14.8 Å². The molecule has 0 bridgehead atoms. The van der Waals surface area contributed by atoms with E-state index in [1.807, 2.05) is 26.0 Å². The highest BCUT2D eigenvalue weighted by molar-refractivity contribution is 6.30. The normalized spacial score (nSPS) is 10.6. The first-order valence-corrected chi connectivity index (χ1v) is 8.14. The lowest BCUT2D eigenvalue weighted by Crippen LogP contribution is -2.08. The third kappa shape index (κ3) is 5.32. The maximum Gasteiger partial charge on any atom is 0.248 e. The summed E-state index contributed by atoms with van der Waals surface area (Å²) >= 11 is 5.83. The first-order chi connectivity index (χ1) is 11.6. The van der Waals surface area contributed by atoms with Crippen molar-refractivity contribution in [1.82, 2.24) is 0 Å². The van der Waals surface area contributed by atoms with Crippen LogP contribution in [0.4, 0.5) is 5.69 Å². The Morgan fingerprint density at radius 3 is 2.38 bits per heavy atom. The van der Waals surface area contributed by atoms with Crippen LogP contribution in [0.1, 0.15) is 19.4 Å². The van der Waals surface area contributed by atoms with Gasteiger partial charge in [0.1, 0.15) is 0 Å². The fourth-order valence-electron chi connectivity index (χ4n) is 2.06. The molecule has 0 fully saturated rings. The summed E-state index contributed by atoms with van der Waals surface area (Å²) in [4.78, 5) is 12.0. The van der Waals surface area contributed by atoms with Gasteiger partial charge in [-0.25, -0.2) is 0 Å². The maximum absolute atomic E-state index is 12.0. The summed E-state index contributed by atoms with van der Waals surface area (Å²) in [6, 6.07) is 12.6. The largest absolute Gasteiger partial charge is 0.490 e. The highest BCUT2D eigenvalue weighted by Gasteiger charge is 2.07. The molecule has 0 unspecified atom stereocenters. The molecule has 126 valence electrons. The lowest BCUT2D eigenvalue weighted by molar-refractivity contribution is -0.111. The van der Waals surface area contributed by atoms with Gasteiger partial charge >= 0.3 is 0 Å². The molecule has 0 saturated carbocycles. The van der Waals surface area contributed by atoms with Crippen LogP contribution in [-0.4, -0.2) is 19.1 Å². The Morgan fingerprint density at radius 1 is 1.04 bits per heavy atom. The molecule has 4 nitrogen and oxygen atoms in total. The van der Waals surface area contributed by atoms with E-state index in [2.05, 4.69) is 5.32 Å². The summed E-state index contributed by atoms with van der Waals surface area (Å²) in [5.41, 5.74) is 1.55. The minimum Gasteiger partial charge on any atom is -0.490 e. The van der Waals surface area contributed by atoms with Crippen LogP contribution in [0.5, 0.6) is 11.5 Å². The van der Waals surface area contributed by atoms with E-state index in [-0.39, 0.29) is 5.91 Å². The van der Waals surface area contributed by atoms with Gasteiger partial charge in [-0.05, 0) is 49.8 Å².